The fourth-order valence-electron chi connectivity index (χ4n) is 2.31. The largest absolute Gasteiger partial charge is 0.306 e. The Morgan fingerprint density at radius 3 is 2.57 bits per heavy atom. The Morgan fingerprint density at radius 1 is 1.14 bits per heavy atom. The molecular weight excluding hydrogens is 292 g/mol. The zero-order valence-corrected chi connectivity index (χ0v) is 12.8. The number of halogens is 3. The highest BCUT2D eigenvalue weighted by molar-refractivity contribution is 6.30. The van der Waals surface area contributed by atoms with E-state index >= 15 is 0 Å². The summed E-state index contributed by atoms with van der Waals surface area (Å²) in [6.07, 6.45) is 0.944. The Kier molecular flexibility index (Phi) is 5.32. The van der Waals surface area contributed by atoms with E-state index in [1.165, 1.54) is 18.2 Å². The van der Waals surface area contributed by atoms with Gasteiger partial charge in [-0.15, -0.1) is 0 Å². The van der Waals surface area contributed by atoms with E-state index in [1.807, 2.05) is 6.92 Å². The van der Waals surface area contributed by atoms with E-state index in [2.05, 4.69) is 12.2 Å². The number of benzene rings is 2. The lowest BCUT2D eigenvalue weighted by atomic mass is 9.94. The molecule has 4 heteroatoms. The van der Waals surface area contributed by atoms with E-state index < -0.39 is 5.82 Å². The quantitative estimate of drug-likeness (QED) is 0.818. The molecule has 0 heterocycles. The standard InChI is InChI=1S/C17H18ClF2N/c1-3-8-21-17(12-5-7-16(20)15(18)9-12)14-10-13(19)6-4-11(14)2/h4-7,9-10,17,21H,3,8H2,1-2H3. The molecule has 1 atom stereocenters. The molecule has 0 aromatic heterocycles. The zero-order chi connectivity index (χ0) is 15.4. The lowest BCUT2D eigenvalue weighted by molar-refractivity contribution is 0.580. The molecule has 0 radical (unpaired) electrons. The van der Waals surface area contributed by atoms with Crippen molar-refractivity contribution < 1.29 is 8.78 Å². The van der Waals surface area contributed by atoms with Crippen LogP contribution in [0.2, 0.25) is 5.02 Å². The van der Waals surface area contributed by atoms with E-state index in [0.29, 0.717) is 0 Å². The van der Waals surface area contributed by atoms with Crippen LogP contribution >= 0.6 is 11.6 Å². The number of hydrogen-bond donors (Lipinski definition) is 1. The first-order valence-electron chi connectivity index (χ1n) is 6.97. The predicted molar refractivity (Wildman–Crippen MR) is 82.7 cm³/mol. The number of hydrogen-bond acceptors (Lipinski definition) is 1. The summed E-state index contributed by atoms with van der Waals surface area (Å²) >= 11 is 5.87. The first kappa shape index (κ1) is 15.9. The first-order valence-corrected chi connectivity index (χ1v) is 7.35. The maximum atomic E-state index is 13.6. The maximum absolute atomic E-state index is 13.6. The van der Waals surface area contributed by atoms with Crippen LogP contribution in [0.5, 0.6) is 0 Å². The van der Waals surface area contributed by atoms with Crippen molar-refractivity contribution in [2.75, 3.05) is 6.54 Å². The molecule has 1 unspecified atom stereocenters. The Balaban J connectivity index is 2.46. The molecule has 0 saturated heterocycles. The van der Waals surface area contributed by atoms with Gasteiger partial charge in [0.1, 0.15) is 11.6 Å². The Hall–Kier alpha value is -1.45. The van der Waals surface area contributed by atoms with Crippen LogP contribution in [0, 0.1) is 18.6 Å². The van der Waals surface area contributed by atoms with Crippen LogP contribution in [0.3, 0.4) is 0 Å². The third-order valence-electron chi connectivity index (χ3n) is 3.43. The fourth-order valence-corrected chi connectivity index (χ4v) is 2.50. The van der Waals surface area contributed by atoms with E-state index in [9.17, 15) is 8.78 Å². The second-order valence-corrected chi connectivity index (χ2v) is 5.47. The minimum absolute atomic E-state index is 0.0739. The van der Waals surface area contributed by atoms with E-state index in [-0.39, 0.29) is 16.9 Å². The van der Waals surface area contributed by atoms with Gasteiger partial charge in [-0.1, -0.05) is 30.7 Å². The molecule has 0 aliphatic carbocycles. The molecule has 0 aliphatic rings. The zero-order valence-electron chi connectivity index (χ0n) is 12.1. The van der Waals surface area contributed by atoms with Gasteiger partial charge in [0.05, 0.1) is 11.1 Å². The fraction of sp³-hybridized carbons (Fsp3) is 0.294. The Labute approximate surface area is 128 Å². The molecule has 0 amide bonds. The van der Waals surface area contributed by atoms with Gasteiger partial charge in [-0.05, 0) is 60.8 Å². The van der Waals surface area contributed by atoms with Gasteiger partial charge in [-0.3, -0.25) is 0 Å². The summed E-state index contributed by atoms with van der Waals surface area (Å²) in [7, 11) is 0. The molecule has 0 aliphatic heterocycles. The second-order valence-electron chi connectivity index (χ2n) is 5.06. The van der Waals surface area contributed by atoms with Crippen molar-refractivity contribution >= 4 is 11.6 Å². The lowest BCUT2D eigenvalue weighted by Crippen LogP contribution is -2.24. The van der Waals surface area contributed by atoms with E-state index in [4.69, 9.17) is 11.6 Å². The monoisotopic (exact) mass is 309 g/mol. The van der Waals surface area contributed by atoms with Gasteiger partial charge in [-0.25, -0.2) is 8.78 Å². The van der Waals surface area contributed by atoms with Crippen molar-refractivity contribution in [1.82, 2.24) is 5.32 Å². The number of rotatable bonds is 5. The predicted octanol–water partition coefficient (Wildman–Crippen LogP) is 5.02. The van der Waals surface area contributed by atoms with Crippen LogP contribution in [-0.4, -0.2) is 6.54 Å². The molecule has 0 bridgehead atoms. The highest BCUT2D eigenvalue weighted by Gasteiger charge is 2.17. The molecule has 0 saturated carbocycles. The summed E-state index contributed by atoms with van der Waals surface area (Å²) < 4.78 is 26.9. The van der Waals surface area contributed by atoms with Gasteiger partial charge < -0.3 is 5.32 Å². The third-order valence-corrected chi connectivity index (χ3v) is 3.72. The van der Waals surface area contributed by atoms with E-state index in [1.54, 1.807) is 18.2 Å². The number of aryl methyl sites for hydroxylation is 1. The smallest absolute Gasteiger partial charge is 0.141 e. The van der Waals surface area contributed by atoms with Crippen molar-refractivity contribution in [3.63, 3.8) is 0 Å². The first-order chi connectivity index (χ1) is 10.0. The van der Waals surface area contributed by atoms with Gasteiger partial charge in [-0.2, -0.15) is 0 Å². The summed E-state index contributed by atoms with van der Waals surface area (Å²) in [5.41, 5.74) is 2.64. The second kappa shape index (κ2) is 7.01. The van der Waals surface area contributed by atoms with Crippen molar-refractivity contribution in [3.8, 4) is 0 Å². The molecule has 2 aromatic carbocycles. The van der Waals surface area contributed by atoms with Gasteiger partial charge in [0.15, 0.2) is 0 Å². The Morgan fingerprint density at radius 2 is 1.90 bits per heavy atom. The molecule has 2 aromatic rings. The van der Waals surface area contributed by atoms with Crippen LogP contribution in [-0.2, 0) is 0 Å². The van der Waals surface area contributed by atoms with Gasteiger partial charge >= 0.3 is 0 Å². The molecule has 21 heavy (non-hydrogen) atoms. The SMILES string of the molecule is CCCNC(c1ccc(F)c(Cl)c1)c1cc(F)ccc1C. The minimum Gasteiger partial charge on any atom is -0.306 e. The van der Waals surface area contributed by atoms with Crippen molar-refractivity contribution in [3.05, 3.63) is 69.7 Å². The van der Waals surface area contributed by atoms with Crippen LogP contribution in [0.15, 0.2) is 36.4 Å². The van der Waals surface area contributed by atoms with Gasteiger partial charge in [0.2, 0.25) is 0 Å². The molecule has 0 fully saturated rings. The average molecular weight is 310 g/mol. The van der Waals surface area contributed by atoms with Crippen LogP contribution in [0.25, 0.3) is 0 Å². The van der Waals surface area contributed by atoms with Gasteiger partial charge in [0, 0.05) is 0 Å². The molecule has 2 rings (SSSR count). The normalized spacial score (nSPS) is 12.4. The topological polar surface area (TPSA) is 12.0 Å². The highest BCUT2D eigenvalue weighted by Crippen LogP contribution is 2.28. The summed E-state index contributed by atoms with van der Waals surface area (Å²) in [6, 6.07) is 9.10. The summed E-state index contributed by atoms with van der Waals surface area (Å²) in [5, 5.41) is 3.44. The van der Waals surface area contributed by atoms with Crippen molar-refractivity contribution in [2.24, 2.45) is 0 Å². The summed E-state index contributed by atoms with van der Waals surface area (Å²) in [6.45, 7) is 4.76. The highest BCUT2D eigenvalue weighted by atomic mass is 35.5. The van der Waals surface area contributed by atoms with Crippen LogP contribution in [0.1, 0.15) is 36.1 Å². The third kappa shape index (κ3) is 3.80. The molecule has 0 spiro atoms. The Bertz CT molecular complexity index is 628. The average Bonchev–Trinajstić information content (AvgIpc) is 2.46. The van der Waals surface area contributed by atoms with Crippen molar-refractivity contribution in [2.45, 2.75) is 26.3 Å². The molecule has 1 N–H and O–H groups in total. The summed E-state index contributed by atoms with van der Waals surface area (Å²) in [4.78, 5) is 0. The lowest BCUT2D eigenvalue weighted by Gasteiger charge is -2.22. The van der Waals surface area contributed by atoms with E-state index in [0.717, 1.165) is 29.7 Å². The molecular formula is C17H18ClF2N. The molecule has 112 valence electrons. The minimum atomic E-state index is -0.453. The van der Waals surface area contributed by atoms with Crippen molar-refractivity contribution in [1.29, 1.82) is 0 Å². The van der Waals surface area contributed by atoms with Gasteiger partial charge in [0.25, 0.3) is 0 Å². The summed E-state index contributed by atoms with van der Waals surface area (Å²) in [5.74, 6) is -0.738. The maximum Gasteiger partial charge on any atom is 0.141 e. The van der Waals surface area contributed by atoms with Crippen LogP contribution in [0.4, 0.5) is 8.78 Å². The van der Waals surface area contributed by atoms with Crippen LogP contribution < -0.4 is 5.32 Å². The number of nitrogens with one attached hydrogen (secondary N) is 1. The molecule has 1 nitrogen and oxygen atoms in total.